The minimum absolute atomic E-state index is 0.155. The lowest BCUT2D eigenvalue weighted by Crippen LogP contribution is -2.51. The molecule has 4 heteroatoms. The van der Waals surface area contributed by atoms with E-state index in [1.54, 1.807) is 19.9 Å². The fourth-order valence-corrected chi connectivity index (χ4v) is 1.71. The number of aromatic hydroxyl groups is 1. The predicted octanol–water partition coefficient (Wildman–Crippen LogP) is 1.62. The molecule has 17 heavy (non-hydrogen) atoms. The summed E-state index contributed by atoms with van der Waals surface area (Å²) in [6.07, 6.45) is 0. The highest BCUT2D eigenvalue weighted by Gasteiger charge is 2.27. The molecule has 4 N–H and O–H groups in total. The minimum Gasteiger partial charge on any atom is -0.508 e. The van der Waals surface area contributed by atoms with Crippen LogP contribution in [0.3, 0.4) is 0 Å². The summed E-state index contributed by atoms with van der Waals surface area (Å²) in [7, 11) is 0. The molecule has 1 unspecified atom stereocenters. The molecule has 0 aliphatic rings. The van der Waals surface area contributed by atoms with Crippen molar-refractivity contribution >= 4 is 5.91 Å². The molecule has 1 aromatic carbocycles. The monoisotopic (exact) mass is 236 g/mol. The smallest absolute Gasteiger partial charge is 0.237 e. The molecule has 0 fully saturated rings. The van der Waals surface area contributed by atoms with Gasteiger partial charge in [0, 0.05) is 11.6 Å². The first kappa shape index (κ1) is 13.5. The average Bonchev–Trinajstić information content (AvgIpc) is 2.15. The van der Waals surface area contributed by atoms with Gasteiger partial charge in [-0.15, -0.1) is 0 Å². The lowest BCUT2D eigenvalue weighted by molar-refractivity contribution is -0.123. The van der Waals surface area contributed by atoms with Crippen molar-refractivity contribution in [2.45, 2.75) is 39.3 Å². The van der Waals surface area contributed by atoms with Crippen molar-refractivity contribution in [3.63, 3.8) is 0 Å². The number of benzene rings is 1. The van der Waals surface area contributed by atoms with Gasteiger partial charge in [0.1, 0.15) is 5.75 Å². The molecule has 0 aliphatic heterocycles. The van der Waals surface area contributed by atoms with Gasteiger partial charge in [0.05, 0.1) is 5.54 Å². The first-order valence-electron chi connectivity index (χ1n) is 5.61. The molecule has 0 bridgehead atoms. The normalized spacial score (nSPS) is 13.4. The van der Waals surface area contributed by atoms with Crippen molar-refractivity contribution in [1.29, 1.82) is 0 Å². The number of nitrogens with one attached hydrogen (secondary N) is 1. The van der Waals surface area contributed by atoms with Gasteiger partial charge in [-0.1, -0.05) is 12.1 Å². The number of primary amides is 1. The molecule has 0 spiro atoms. The minimum atomic E-state index is -0.809. The zero-order valence-electron chi connectivity index (χ0n) is 10.7. The number of carbonyl (C=O) groups is 1. The Morgan fingerprint density at radius 2 is 2.06 bits per heavy atom. The fraction of sp³-hybridized carbons (Fsp3) is 0.462. The second kappa shape index (κ2) is 4.75. The second-order valence-electron chi connectivity index (χ2n) is 4.92. The van der Waals surface area contributed by atoms with Crippen LogP contribution >= 0.6 is 0 Å². The van der Waals surface area contributed by atoms with Gasteiger partial charge >= 0.3 is 0 Å². The Labute approximate surface area is 102 Å². The van der Waals surface area contributed by atoms with Crippen LogP contribution in [-0.2, 0) is 4.79 Å². The Balaban J connectivity index is 2.90. The largest absolute Gasteiger partial charge is 0.508 e. The number of hydrogen-bond donors (Lipinski definition) is 3. The summed E-state index contributed by atoms with van der Waals surface area (Å²) in [6.45, 7) is 7.23. The van der Waals surface area contributed by atoms with E-state index in [4.69, 9.17) is 5.73 Å². The molecule has 0 heterocycles. The van der Waals surface area contributed by atoms with Crippen LogP contribution in [-0.4, -0.2) is 16.6 Å². The highest BCUT2D eigenvalue weighted by Crippen LogP contribution is 2.26. The van der Waals surface area contributed by atoms with E-state index < -0.39 is 11.4 Å². The van der Waals surface area contributed by atoms with E-state index in [9.17, 15) is 9.90 Å². The second-order valence-corrected chi connectivity index (χ2v) is 4.92. The molecule has 0 aromatic heterocycles. The Bertz CT molecular complexity index is 427. The SMILES string of the molecule is Cc1ccc(C(C)NC(C)(C)C(N)=O)c(O)c1. The summed E-state index contributed by atoms with van der Waals surface area (Å²) in [5, 5.41) is 12.9. The van der Waals surface area contributed by atoms with E-state index >= 15 is 0 Å². The van der Waals surface area contributed by atoms with Gasteiger partial charge in [-0.05, 0) is 39.3 Å². The first-order chi connectivity index (χ1) is 7.74. The maximum absolute atomic E-state index is 11.2. The topological polar surface area (TPSA) is 75.3 Å². The van der Waals surface area contributed by atoms with Crippen molar-refractivity contribution < 1.29 is 9.90 Å². The van der Waals surface area contributed by atoms with E-state index in [0.717, 1.165) is 11.1 Å². The van der Waals surface area contributed by atoms with Crippen molar-refractivity contribution in [3.8, 4) is 5.75 Å². The molecular formula is C13H20N2O2. The lowest BCUT2D eigenvalue weighted by atomic mass is 9.99. The van der Waals surface area contributed by atoms with Crippen molar-refractivity contribution in [1.82, 2.24) is 5.32 Å². The molecule has 0 radical (unpaired) electrons. The average molecular weight is 236 g/mol. The number of phenolic OH excluding ortho intramolecular Hbond substituents is 1. The van der Waals surface area contributed by atoms with E-state index in [1.807, 2.05) is 26.0 Å². The molecule has 0 saturated carbocycles. The van der Waals surface area contributed by atoms with E-state index in [2.05, 4.69) is 5.32 Å². The van der Waals surface area contributed by atoms with Crippen molar-refractivity contribution in [2.24, 2.45) is 5.73 Å². The van der Waals surface area contributed by atoms with Crippen LogP contribution in [0.2, 0.25) is 0 Å². The highest BCUT2D eigenvalue weighted by atomic mass is 16.3. The maximum atomic E-state index is 11.2. The Kier molecular flexibility index (Phi) is 3.78. The van der Waals surface area contributed by atoms with Crippen LogP contribution in [0.15, 0.2) is 18.2 Å². The third-order valence-electron chi connectivity index (χ3n) is 2.85. The number of nitrogens with two attached hydrogens (primary N) is 1. The Morgan fingerprint density at radius 1 is 1.47 bits per heavy atom. The van der Waals surface area contributed by atoms with Crippen molar-refractivity contribution in [3.05, 3.63) is 29.3 Å². The number of phenols is 1. The van der Waals surface area contributed by atoms with Gasteiger partial charge in [-0.25, -0.2) is 0 Å². The number of hydrogen-bond acceptors (Lipinski definition) is 3. The van der Waals surface area contributed by atoms with Gasteiger partial charge in [-0.2, -0.15) is 0 Å². The number of rotatable bonds is 4. The highest BCUT2D eigenvalue weighted by molar-refractivity contribution is 5.83. The molecule has 1 atom stereocenters. The van der Waals surface area contributed by atoms with Gasteiger partial charge in [0.25, 0.3) is 0 Å². The molecular weight excluding hydrogens is 216 g/mol. The molecule has 0 aliphatic carbocycles. The van der Waals surface area contributed by atoms with Crippen molar-refractivity contribution in [2.75, 3.05) is 0 Å². The summed E-state index contributed by atoms with van der Waals surface area (Å²) >= 11 is 0. The van der Waals surface area contributed by atoms with Gasteiger partial charge in [-0.3, -0.25) is 10.1 Å². The summed E-state index contributed by atoms with van der Waals surface area (Å²) in [4.78, 5) is 11.2. The third-order valence-corrected chi connectivity index (χ3v) is 2.85. The van der Waals surface area contributed by atoms with Crippen LogP contribution in [0.5, 0.6) is 5.75 Å². The number of carbonyl (C=O) groups excluding carboxylic acids is 1. The van der Waals surface area contributed by atoms with E-state index in [0.29, 0.717) is 0 Å². The molecule has 1 rings (SSSR count). The predicted molar refractivity (Wildman–Crippen MR) is 67.7 cm³/mol. The molecule has 94 valence electrons. The summed E-state index contributed by atoms with van der Waals surface area (Å²) < 4.78 is 0. The van der Waals surface area contributed by atoms with E-state index in [1.165, 1.54) is 0 Å². The fourth-order valence-electron chi connectivity index (χ4n) is 1.71. The van der Waals surface area contributed by atoms with Crippen LogP contribution in [0.25, 0.3) is 0 Å². The van der Waals surface area contributed by atoms with Crippen LogP contribution in [0.4, 0.5) is 0 Å². The zero-order valence-corrected chi connectivity index (χ0v) is 10.7. The van der Waals surface area contributed by atoms with Gasteiger partial charge in [0.2, 0.25) is 5.91 Å². The van der Waals surface area contributed by atoms with Crippen LogP contribution in [0, 0.1) is 6.92 Å². The summed E-state index contributed by atoms with van der Waals surface area (Å²) in [5.74, 6) is -0.193. The lowest BCUT2D eigenvalue weighted by Gasteiger charge is -2.27. The van der Waals surface area contributed by atoms with Gasteiger partial charge in [0.15, 0.2) is 0 Å². The number of aryl methyl sites for hydroxylation is 1. The molecule has 1 aromatic rings. The first-order valence-corrected chi connectivity index (χ1v) is 5.61. The third kappa shape index (κ3) is 3.20. The van der Waals surface area contributed by atoms with E-state index in [-0.39, 0.29) is 11.8 Å². The molecule has 4 nitrogen and oxygen atoms in total. The van der Waals surface area contributed by atoms with Crippen LogP contribution in [0.1, 0.15) is 37.9 Å². The zero-order chi connectivity index (χ0) is 13.2. The summed E-state index contributed by atoms with van der Waals surface area (Å²) in [6, 6.07) is 5.31. The number of amides is 1. The Morgan fingerprint density at radius 3 is 2.53 bits per heavy atom. The maximum Gasteiger partial charge on any atom is 0.237 e. The van der Waals surface area contributed by atoms with Crippen LogP contribution < -0.4 is 11.1 Å². The quantitative estimate of drug-likeness (QED) is 0.743. The van der Waals surface area contributed by atoms with Gasteiger partial charge < -0.3 is 10.8 Å². The summed E-state index contributed by atoms with van der Waals surface area (Å²) in [5.41, 5.74) is 6.23. The molecule has 1 amide bonds. The molecule has 0 saturated heterocycles. The standard InChI is InChI=1S/C13H20N2O2/c1-8-5-6-10(11(16)7-8)9(2)15-13(3,4)12(14)17/h5-7,9,15-16H,1-4H3,(H2,14,17). The Hall–Kier alpha value is -1.55.